The molecule has 600 valence electrons. The third-order valence-corrected chi connectivity index (χ3v) is 25.1. The first kappa shape index (κ1) is 171. The molecular weight excluding hydrogens is 1920 g/mol. The number of unbranched alkanes of at least 4 members (excludes halogenated alkanes) is 10. The van der Waals surface area contributed by atoms with Crippen molar-refractivity contribution in [1.82, 2.24) is 0 Å². The van der Waals surface area contributed by atoms with Crippen LogP contribution in [-0.4, -0.2) is 64.9 Å². The van der Waals surface area contributed by atoms with Gasteiger partial charge in [0.2, 0.25) is 0 Å². The monoisotopic (exact) mass is 2040 g/mol. The van der Waals surface area contributed by atoms with Crippen LogP contribution < -0.4 is 562 Å². The standard InChI is InChI=1S/5C18H24O3S.19Na/c5*1-3-5-9-14-13-15-10-7-8-12-17(15)18(22(19,20)21)16(14)11-6-4-2;;;;;;;;;;;;;;;;;;;/h5*7-8,10,12-13H,3-6,9,11H2,1-2H3,(H,19,20,21);;;;;;;;;;;;;;;;;;;/q;;;;;19*+1. The summed E-state index contributed by atoms with van der Waals surface area (Å²) in [5, 5.41) is 7.49. The van der Waals surface area contributed by atoms with Crippen LogP contribution in [0.1, 0.15) is 253 Å². The quantitative estimate of drug-likeness (QED) is 0.0182. The van der Waals surface area contributed by atoms with Gasteiger partial charge in [0.05, 0.1) is 0 Å². The van der Waals surface area contributed by atoms with Crippen molar-refractivity contribution in [3.8, 4) is 0 Å². The summed E-state index contributed by atoms with van der Waals surface area (Å²) in [5.41, 5.74) is 9.30. The molecule has 0 aliphatic carbocycles. The Kier molecular flexibility index (Phi) is 122. The number of fused-ring (bicyclic) bond motifs is 5. The van der Waals surface area contributed by atoms with Crippen molar-refractivity contribution in [3.63, 3.8) is 0 Å². The van der Waals surface area contributed by atoms with Crippen LogP contribution in [0.25, 0.3) is 53.9 Å². The van der Waals surface area contributed by atoms with E-state index in [2.05, 4.69) is 99.6 Å². The maximum absolute atomic E-state index is 12.0. The third-order valence-electron chi connectivity index (χ3n) is 20.2. The molecule has 0 saturated heterocycles. The Bertz CT molecular complexity index is 4580. The van der Waals surface area contributed by atoms with Crippen LogP contribution in [0, 0.1) is 0 Å². The van der Waals surface area contributed by atoms with Gasteiger partial charge in [-0.05, 0) is 211 Å². The SMILES string of the molecule is CCCCc1cc2ccccc2c(S(=O)(=O)O)c1CCCC.CCCCc1cc2ccccc2c(S(=O)(=O)O)c1CCCC.CCCCc1cc2ccccc2c(S(=O)(=O)O)c1CCCC.CCCCc1cc2ccccc2c(S(=O)(=O)O)c1CCCC.CCCCc1cc2ccccc2c(S(=O)(=O)O)c1CCCC.[Na+].[Na+].[Na+].[Na+].[Na+].[Na+].[Na+].[Na+].[Na+].[Na+].[Na+].[Na+].[Na+].[Na+].[Na+].[Na+].[Na+].[Na+].[Na+]. The van der Waals surface area contributed by atoms with Gasteiger partial charge < -0.3 is 0 Å². The summed E-state index contributed by atoms with van der Waals surface area (Å²) >= 11 is 0. The number of benzene rings is 10. The first-order valence-electron chi connectivity index (χ1n) is 40.0. The Hall–Kier alpha value is 12.1. The van der Waals surface area contributed by atoms with Crippen molar-refractivity contribution >= 4 is 104 Å². The number of hydrogen-bond donors (Lipinski definition) is 5. The third kappa shape index (κ3) is 56.7. The van der Waals surface area contributed by atoms with E-state index < -0.39 is 50.6 Å². The minimum Gasteiger partial charge on any atom is -0.282 e. The topological polar surface area (TPSA) is 272 Å². The van der Waals surface area contributed by atoms with E-state index in [0.29, 0.717) is 59.0 Å². The number of hydrogen-bond acceptors (Lipinski definition) is 10. The Morgan fingerprint density at radius 3 is 0.395 bits per heavy atom. The molecule has 5 N–H and O–H groups in total. The van der Waals surface area contributed by atoms with Crippen molar-refractivity contribution in [2.24, 2.45) is 0 Å². The van der Waals surface area contributed by atoms with Crippen LogP contribution in [-0.2, 0) is 115 Å². The summed E-state index contributed by atoms with van der Waals surface area (Å²) < 4.78 is 169. The van der Waals surface area contributed by atoms with Gasteiger partial charge in [0, 0.05) is 26.9 Å². The van der Waals surface area contributed by atoms with Crippen LogP contribution in [0.4, 0.5) is 0 Å². The van der Waals surface area contributed by atoms with Gasteiger partial charge in [0.25, 0.3) is 50.6 Å². The Morgan fingerprint density at radius 2 is 0.287 bits per heavy atom. The predicted molar refractivity (Wildman–Crippen MR) is 455 cm³/mol. The van der Waals surface area contributed by atoms with E-state index in [4.69, 9.17) is 0 Å². The molecule has 10 aromatic rings. The average Bonchev–Trinajstić information content (AvgIpc) is 0.792. The smallest absolute Gasteiger partial charge is 0.282 e. The van der Waals surface area contributed by atoms with Crippen LogP contribution in [0.5, 0.6) is 0 Å². The van der Waals surface area contributed by atoms with Crippen LogP contribution in [0.15, 0.2) is 176 Å². The molecule has 0 aliphatic rings. The zero-order chi connectivity index (χ0) is 80.8. The first-order chi connectivity index (χ1) is 52.4. The fourth-order valence-electron chi connectivity index (χ4n) is 14.6. The van der Waals surface area contributed by atoms with Crippen molar-refractivity contribution in [2.75, 3.05) is 0 Å². The summed E-state index contributed by atoms with van der Waals surface area (Å²) in [6.45, 7) is 21.0. The van der Waals surface area contributed by atoms with Gasteiger partial charge in [-0.3, -0.25) is 22.8 Å². The molecule has 0 heterocycles. The van der Waals surface area contributed by atoms with Crippen molar-refractivity contribution in [1.29, 1.82) is 0 Å². The molecule has 10 rings (SSSR count). The van der Waals surface area contributed by atoms with Crippen molar-refractivity contribution < 1.29 is 626 Å². The molecule has 10 aromatic carbocycles. The Balaban J connectivity index is -0.000000103. The van der Waals surface area contributed by atoms with Crippen LogP contribution in [0.3, 0.4) is 0 Å². The van der Waals surface area contributed by atoms with Crippen molar-refractivity contribution in [3.05, 3.63) is 207 Å². The van der Waals surface area contributed by atoms with Gasteiger partial charge in [-0.1, -0.05) is 285 Å². The zero-order valence-corrected chi connectivity index (χ0v) is 128. The second-order valence-corrected chi connectivity index (χ2v) is 35.5. The molecule has 0 unspecified atom stereocenters. The Labute approximate surface area is 1200 Å². The largest absolute Gasteiger partial charge is 1.00 e. The van der Waals surface area contributed by atoms with E-state index in [0.717, 1.165) is 243 Å². The van der Waals surface area contributed by atoms with E-state index in [1.54, 1.807) is 30.3 Å². The predicted octanol–water partition coefficient (Wildman–Crippen LogP) is -33.1. The van der Waals surface area contributed by atoms with Crippen molar-refractivity contribution in [2.45, 2.75) is 286 Å². The van der Waals surface area contributed by atoms with E-state index in [1.807, 2.05) is 91.0 Å². The van der Waals surface area contributed by atoms with Gasteiger partial charge in [-0.2, -0.15) is 42.1 Å². The molecule has 0 saturated carbocycles. The van der Waals surface area contributed by atoms with Crippen LogP contribution in [0.2, 0.25) is 0 Å². The summed E-state index contributed by atoms with van der Waals surface area (Å²) in [7, 11) is -21.2. The molecule has 39 heteroatoms. The molecule has 0 fully saturated rings. The fourth-order valence-corrected chi connectivity index (χ4v) is 19.7. The van der Waals surface area contributed by atoms with Gasteiger partial charge in [0.15, 0.2) is 0 Å². The van der Waals surface area contributed by atoms with Gasteiger partial charge >= 0.3 is 562 Å². The molecule has 0 atom stereocenters. The summed E-state index contributed by atoms with van der Waals surface area (Å²) in [6, 6.07) is 47.4. The van der Waals surface area contributed by atoms with Gasteiger partial charge in [-0.25, -0.2) is 0 Å². The summed E-state index contributed by atoms with van der Waals surface area (Å²) in [4.78, 5) is 0.579. The second kappa shape index (κ2) is 91.5. The fraction of sp³-hybridized carbons (Fsp3) is 0.444. The minimum absolute atomic E-state index is 0. The molecule has 0 aromatic heterocycles. The van der Waals surface area contributed by atoms with Gasteiger partial charge in [0.1, 0.15) is 24.5 Å². The normalized spacial score (nSPS) is 10.2. The maximum atomic E-state index is 12.0. The molecule has 0 bridgehead atoms. The van der Waals surface area contributed by atoms with E-state index >= 15 is 0 Å². The molecular formula is C90H120Na19O15S5+19. The van der Waals surface area contributed by atoms with Gasteiger partial charge in [-0.15, -0.1) is 0 Å². The summed E-state index contributed by atoms with van der Waals surface area (Å²) in [6.07, 6.45) is 27.6. The molecule has 129 heavy (non-hydrogen) atoms. The molecule has 0 amide bonds. The molecule has 15 nitrogen and oxygen atoms in total. The van der Waals surface area contributed by atoms with E-state index in [1.165, 1.54) is 0 Å². The summed E-state index contributed by atoms with van der Waals surface area (Å²) in [5.74, 6) is 0. The molecule has 0 radical (unpaired) electrons. The first-order valence-corrected chi connectivity index (χ1v) is 47.2. The van der Waals surface area contributed by atoms with E-state index in [-0.39, 0.29) is 586 Å². The number of rotatable bonds is 35. The molecule has 0 spiro atoms. The van der Waals surface area contributed by atoms with Crippen LogP contribution >= 0.6 is 0 Å². The van der Waals surface area contributed by atoms with E-state index in [9.17, 15) is 64.9 Å². The number of aryl methyl sites for hydroxylation is 5. The minimum atomic E-state index is -4.24. The molecule has 0 aliphatic heterocycles. The second-order valence-electron chi connectivity index (χ2n) is 28.7. The zero-order valence-electron chi connectivity index (χ0n) is 85.5. The average molecular weight is 2040 g/mol. The maximum Gasteiger partial charge on any atom is 1.00 e. The Morgan fingerprint density at radius 1 is 0.178 bits per heavy atom.